The van der Waals surface area contributed by atoms with E-state index in [2.05, 4.69) is 0 Å². The van der Waals surface area contributed by atoms with Crippen molar-refractivity contribution >= 4 is 16.8 Å². The van der Waals surface area contributed by atoms with Gasteiger partial charge in [-0.15, -0.1) is 0 Å². The van der Waals surface area contributed by atoms with Crippen molar-refractivity contribution in [2.45, 2.75) is 6.42 Å². The first kappa shape index (κ1) is 11.3. The smallest absolute Gasteiger partial charge is 0.407 e. The molecule has 14 heavy (non-hydrogen) atoms. The Bertz CT molecular complexity index is 269. The number of carboxylic acid groups (broad SMARTS) is 1. The van der Waals surface area contributed by atoms with E-state index in [1.54, 1.807) is 0 Å². The lowest BCUT2D eigenvalue weighted by atomic mass is 10.1. The molecule has 0 saturated carbocycles. The Kier molecular flexibility index (Phi) is 4.15. The summed E-state index contributed by atoms with van der Waals surface area (Å²) in [6, 6.07) is 0. The average molecular weight is 223 g/mol. The number of hydrogen-bond donors (Lipinski definition) is 2. The monoisotopic (exact) mass is 223 g/mol. The Morgan fingerprint density at radius 2 is 2.29 bits per heavy atom. The third kappa shape index (κ3) is 3.51. The molecule has 0 radical (unpaired) electrons. The van der Waals surface area contributed by atoms with Crippen LogP contribution < -0.4 is 0 Å². The van der Waals surface area contributed by atoms with Crippen LogP contribution in [0, 0.1) is 5.92 Å². The van der Waals surface area contributed by atoms with E-state index in [-0.39, 0.29) is 11.9 Å². The zero-order valence-corrected chi connectivity index (χ0v) is 8.48. The highest BCUT2D eigenvalue weighted by Crippen LogP contribution is 2.16. The summed E-state index contributed by atoms with van der Waals surface area (Å²) >= 11 is 0. The minimum Gasteiger partial charge on any atom is -0.465 e. The first-order valence-corrected chi connectivity index (χ1v) is 5.63. The van der Waals surface area contributed by atoms with Crippen LogP contribution in [0.5, 0.6) is 0 Å². The number of thiol groups is 1. The lowest BCUT2D eigenvalue weighted by Gasteiger charge is -2.11. The Morgan fingerprint density at radius 3 is 2.79 bits per heavy atom. The van der Waals surface area contributed by atoms with Crippen LogP contribution in [-0.2, 0) is 15.4 Å². The molecule has 1 rings (SSSR count). The van der Waals surface area contributed by atoms with Crippen LogP contribution >= 0.6 is 0 Å². The van der Waals surface area contributed by atoms with Gasteiger partial charge in [0.15, 0.2) is 10.7 Å². The summed E-state index contributed by atoms with van der Waals surface area (Å²) in [5, 5.41) is 8.63. The maximum Gasteiger partial charge on any atom is 0.407 e. The largest absolute Gasteiger partial charge is 0.465 e. The van der Waals surface area contributed by atoms with Crippen molar-refractivity contribution in [1.82, 2.24) is 4.90 Å². The van der Waals surface area contributed by atoms with Crippen LogP contribution in [0.15, 0.2) is 0 Å². The molecular weight excluding hydrogens is 210 g/mol. The van der Waals surface area contributed by atoms with E-state index in [0.29, 0.717) is 19.7 Å². The second-order valence-electron chi connectivity index (χ2n) is 3.22. The van der Waals surface area contributed by atoms with Crippen LogP contribution in [0.3, 0.4) is 0 Å². The molecule has 1 unspecified atom stereocenters. The number of nitrogens with zero attached hydrogens (tertiary/aromatic N) is 1. The fourth-order valence-corrected chi connectivity index (χ4v) is 1.69. The molecule has 0 spiro atoms. The van der Waals surface area contributed by atoms with Gasteiger partial charge in [0.1, 0.15) is 5.94 Å². The maximum atomic E-state index is 10.5. The molecule has 1 saturated heterocycles. The van der Waals surface area contributed by atoms with E-state index in [4.69, 9.17) is 9.84 Å². The Hall–Kier alpha value is -0.820. The SMILES string of the molecule is O=C(O)N1CCC(COC[SH](=O)=O)C1. The quantitative estimate of drug-likeness (QED) is 0.632. The predicted octanol–water partition coefficient (Wildman–Crippen LogP) is -0.428. The summed E-state index contributed by atoms with van der Waals surface area (Å²) in [5.41, 5.74) is 0. The Labute approximate surface area is 83.4 Å². The molecule has 1 aliphatic rings. The molecule has 6 nitrogen and oxygen atoms in total. The number of carbonyl (C=O) groups is 1. The van der Waals surface area contributed by atoms with E-state index in [1.807, 2.05) is 0 Å². The van der Waals surface area contributed by atoms with Gasteiger partial charge in [-0.2, -0.15) is 0 Å². The van der Waals surface area contributed by atoms with Crippen molar-refractivity contribution in [3.8, 4) is 0 Å². The van der Waals surface area contributed by atoms with E-state index in [9.17, 15) is 13.2 Å². The van der Waals surface area contributed by atoms with Crippen LogP contribution in [-0.4, -0.2) is 50.2 Å². The molecule has 82 valence electrons. The molecule has 0 aromatic heterocycles. The lowest BCUT2D eigenvalue weighted by molar-refractivity contribution is 0.130. The van der Waals surface area contributed by atoms with Crippen LogP contribution in [0.4, 0.5) is 4.79 Å². The number of likely N-dealkylation sites (tertiary alicyclic amines) is 1. The lowest BCUT2D eigenvalue weighted by Crippen LogP contribution is -2.27. The van der Waals surface area contributed by atoms with Gasteiger partial charge < -0.3 is 14.7 Å². The molecule has 0 bridgehead atoms. The molecule has 7 heteroatoms. The molecule has 1 fully saturated rings. The van der Waals surface area contributed by atoms with Crippen molar-refractivity contribution in [3.05, 3.63) is 0 Å². The minimum atomic E-state index is -2.50. The van der Waals surface area contributed by atoms with Gasteiger partial charge in [-0.3, -0.25) is 0 Å². The zero-order chi connectivity index (χ0) is 10.6. The topological polar surface area (TPSA) is 83.9 Å². The number of amides is 1. The molecule has 1 amide bonds. The van der Waals surface area contributed by atoms with Gasteiger partial charge in [0, 0.05) is 19.0 Å². The summed E-state index contributed by atoms with van der Waals surface area (Å²) in [6.45, 7) is 1.25. The van der Waals surface area contributed by atoms with Gasteiger partial charge in [-0.25, -0.2) is 13.2 Å². The standard InChI is InChI=1S/C7H13NO5S/c9-7(10)8-2-1-6(3-8)4-13-5-14(11)12/h6,14H,1-5H2,(H,9,10). The van der Waals surface area contributed by atoms with Crippen molar-refractivity contribution in [1.29, 1.82) is 0 Å². The van der Waals surface area contributed by atoms with E-state index < -0.39 is 16.8 Å². The molecule has 1 heterocycles. The summed E-state index contributed by atoms with van der Waals surface area (Å²) in [7, 11) is -2.50. The molecule has 1 aliphatic heterocycles. The van der Waals surface area contributed by atoms with E-state index in [0.717, 1.165) is 6.42 Å². The Balaban J connectivity index is 2.19. The summed E-state index contributed by atoms with van der Waals surface area (Å²) in [6.07, 6.45) is -0.190. The first-order valence-electron chi connectivity index (χ1n) is 4.27. The molecule has 0 aromatic rings. The maximum absolute atomic E-state index is 10.5. The van der Waals surface area contributed by atoms with Gasteiger partial charge >= 0.3 is 6.09 Å². The van der Waals surface area contributed by atoms with Gasteiger partial charge in [0.25, 0.3) is 0 Å². The summed E-state index contributed by atoms with van der Waals surface area (Å²) in [5.74, 6) is -0.153. The van der Waals surface area contributed by atoms with Crippen molar-refractivity contribution < 1.29 is 23.1 Å². The van der Waals surface area contributed by atoms with Crippen LogP contribution in [0.1, 0.15) is 6.42 Å². The summed E-state index contributed by atoms with van der Waals surface area (Å²) in [4.78, 5) is 11.8. The normalized spacial score (nSPS) is 21.8. The molecular formula is C7H13NO5S. The van der Waals surface area contributed by atoms with Crippen molar-refractivity contribution in [3.63, 3.8) is 0 Å². The summed E-state index contributed by atoms with van der Waals surface area (Å²) < 4.78 is 25.2. The second kappa shape index (κ2) is 5.16. The van der Waals surface area contributed by atoms with E-state index >= 15 is 0 Å². The van der Waals surface area contributed by atoms with Crippen LogP contribution in [0.25, 0.3) is 0 Å². The highest BCUT2D eigenvalue weighted by Gasteiger charge is 2.25. The molecule has 1 N–H and O–H groups in total. The van der Waals surface area contributed by atoms with Crippen molar-refractivity contribution in [2.24, 2.45) is 5.92 Å². The van der Waals surface area contributed by atoms with Gasteiger partial charge in [0.2, 0.25) is 0 Å². The fourth-order valence-electron chi connectivity index (χ4n) is 1.44. The van der Waals surface area contributed by atoms with Gasteiger partial charge in [0.05, 0.1) is 6.61 Å². The number of ether oxygens (including phenoxy) is 1. The van der Waals surface area contributed by atoms with Gasteiger partial charge in [-0.1, -0.05) is 0 Å². The minimum absolute atomic E-state index is 0.126. The number of rotatable bonds is 4. The Morgan fingerprint density at radius 1 is 1.57 bits per heavy atom. The van der Waals surface area contributed by atoms with E-state index in [1.165, 1.54) is 4.90 Å². The highest BCUT2D eigenvalue weighted by atomic mass is 32.2. The van der Waals surface area contributed by atoms with Crippen LogP contribution in [0.2, 0.25) is 0 Å². The second-order valence-corrected chi connectivity index (χ2v) is 4.14. The third-order valence-corrected chi connectivity index (χ3v) is 2.50. The third-order valence-electron chi connectivity index (χ3n) is 2.11. The number of hydrogen-bond acceptors (Lipinski definition) is 4. The molecule has 1 atom stereocenters. The fraction of sp³-hybridized carbons (Fsp3) is 0.857. The molecule has 0 aromatic carbocycles. The predicted molar refractivity (Wildman–Crippen MR) is 48.8 cm³/mol. The zero-order valence-electron chi connectivity index (χ0n) is 7.59. The molecule has 0 aliphatic carbocycles. The highest BCUT2D eigenvalue weighted by molar-refractivity contribution is 7.72. The van der Waals surface area contributed by atoms with Crippen molar-refractivity contribution in [2.75, 3.05) is 25.6 Å². The first-order chi connectivity index (χ1) is 6.59. The average Bonchev–Trinajstić information content (AvgIpc) is 2.52. The van der Waals surface area contributed by atoms with Gasteiger partial charge in [-0.05, 0) is 6.42 Å².